The molecule has 1 atom stereocenters. The Balaban J connectivity index is 3.10. The fraction of sp³-hybridized carbons (Fsp3) is 0.950. The number of unbranched alkanes of at least 4 members (excludes halogenated alkanes) is 13. The molecule has 0 aliphatic carbocycles. The van der Waals surface area contributed by atoms with Gasteiger partial charge in [0.05, 0.1) is 0 Å². The van der Waals surface area contributed by atoms with Crippen molar-refractivity contribution in [3.63, 3.8) is 0 Å². The number of hydrogen-bond acceptors (Lipinski definition) is 1. The van der Waals surface area contributed by atoms with Gasteiger partial charge in [0.2, 0.25) is 5.91 Å². The molecule has 0 saturated heterocycles. The first-order valence-electron chi connectivity index (χ1n) is 9.94. The summed E-state index contributed by atoms with van der Waals surface area (Å²) >= 11 is 0. The second-order valence-corrected chi connectivity index (χ2v) is 6.90. The second-order valence-electron chi connectivity index (χ2n) is 6.90. The third kappa shape index (κ3) is 14.4. The van der Waals surface area contributed by atoms with Crippen LogP contribution in [0.2, 0.25) is 0 Å². The van der Waals surface area contributed by atoms with Gasteiger partial charge >= 0.3 is 0 Å². The molecule has 1 N–H and O–H groups in total. The van der Waals surface area contributed by atoms with Crippen LogP contribution in [0.4, 0.5) is 0 Å². The van der Waals surface area contributed by atoms with Crippen LogP contribution < -0.4 is 5.32 Å². The Morgan fingerprint density at radius 3 is 1.45 bits per heavy atom. The van der Waals surface area contributed by atoms with Crippen LogP contribution in [0.5, 0.6) is 0 Å². The normalized spacial score (nSPS) is 12.3. The molecule has 1 amide bonds. The molecule has 0 aromatic rings. The lowest BCUT2D eigenvalue weighted by molar-refractivity contribution is -0.124. The van der Waals surface area contributed by atoms with Gasteiger partial charge in [-0.1, -0.05) is 104 Å². The first kappa shape index (κ1) is 21.5. The van der Waals surface area contributed by atoms with Gasteiger partial charge in [-0.05, 0) is 6.42 Å². The average Bonchev–Trinajstić information content (AvgIpc) is 2.54. The molecule has 0 fully saturated rings. The van der Waals surface area contributed by atoms with E-state index in [1.807, 2.05) is 6.92 Å². The van der Waals surface area contributed by atoms with E-state index in [9.17, 15) is 4.79 Å². The van der Waals surface area contributed by atoms with E-state index >= 15 is 0 Å². The molecule has 1 unspecified atom stereocenters. The van der Waals surface area contributed by atoms with E-state index in [0.29, 0.717) is 0 Å². The van der Waals surface area contributed by atoms with Crippen LogP contribution >= 0.6 is 0 Å². The summed E-state index contributed by atoms with van der Waals surface area (Å²) in [6.07, 6.45) is 20.5. The Kier molecular flexibility index (Phi) is 16.4. The van der Waals surface area contributed by atoms with E-state index in [4.69, 9.17) is 0 Å². The fourth-order valence-corrected chi connectivity index (χ4v) is 3.02. The van der Waals surface area contributed by atoms with E-state index < -0.39 is 0 Å². The molecular weight excluding hydrogens is 270 g/mol. The van der Waals surface area contributed by atoms with Gasteiger partial charge in [0, 0.05) is 13.0 Å². The maximum Gasteiger partial charge on any atom is 0.222 e. The lowest BCUT2D eigenvalue weighted by Gasteiger charge is -2.09. The first-order chi connectivity index (χ1) is 10.7. The maximum absolute atomic E-state index is 11.4. The van der Waals surface area contributed by atoms with Crippen molar-refractivity contribution in [2.75, 3.05) is 7.05 Å². The maximum atomic E-state index is 11.4. The molecule has 0 aromatic heterocycles. The zero-order valence-electron chi connectivity index (χ0n) is 15.6. The lowest BCUT2D eigenvalue weighted by atomic mass is 10.0. The van der Waals surface area contributed by atoms with Crippen LogP contribution in [0.25, 0.3) is 0 Å². The number of carbonyl (C=O) groups is 1. The molecule has 0 bridgehead atoms. The van der Waals surface area contributed by atoms with Gasteiger partial charge in [-0.15, -0.1) is 0 Å². The minimum absolute atomic E-state index is 0.183. The van der Waals surface area contributed by atoms with Crippen LogP contribution in [0.3, 0.4) is 0 Å². The zero-order chi connectivity index (χ0) is 16.5. The molecule has 0 aromatic carbocycles. The van der Waals surface area contributed by atoms with Crippen molar-refractivity contribution < 1.29 is 4.79 Å². The van der Waals surface area contributed by atoms with Crippen LogP contribution in [0.15, 0.2) is 0 Å². The van der Waals surface area contributed by atoms with Gasteiger partial charge < -0.3 is 5.32 Å². The highest BCUT2D eigenvalue weighted by Crippen LogP contribution is 2.14. The standard InChI is InChI=1S/C20H41NO/c1-4-5-6-7-8-9-10-11-12-13-14-15-16-17-18-19(2)20(22)21-3/h19H,4-18H2,1-3H3,(H,21,22). The van der Waals surface area contributed by atoms with Crippen molar-refractivity contribution >= 4 is 5.91 Å². The van der Waals surface area contributed by atoms with Crippen molar-refractivity contribution in [1.29, 1.82) is 0 Å². The topological polar surface area (TPSA) is 29.1 Å². The van der Waals surface area contributed by atoms with Crippen LogP contribution in [0.1, 0.15) is 110 Å². The third-order valence-corrected chi connectivity index (χ3v) is 4.68. The summed E-state index contributed by atoms with van der Waals surface area (Å²) in [5.41, 5.74) is 0. The lowest BCUT2D eigenvalue weighted by Crippen LogP contribution is -2.25. The second kappa shape index (κ2) is 16.8. The smallest absolute Gasteiger partial charge is 0.222 e. The molecule has 0 saturated carbocycles. The van der Waals surface area contributed by atoms with Crippen LogP contribution in [-0.2, 0) is 4.79 Å². The largest absolute Gasteiger partial charge is 0.359 e. The van der Waals surface area contributed by atoms with Crippen molar-refractivity contribution in [3.8, 4) is 0 Å². The molecular formula is C20H41NO. The van der Waals surface area contributed by atoms with Gasteiger partial charge in [-0.25, -0.2) is 0 Å². The van der Waals surface area contributed by atoms with Crippen LogP contribution in [-0.4, -0.2) is 13.0 Å². The molecule has 0 heterocycles. The number of carbonyl (C=O) groups excluding carboxylic acids is 1. The predicted molar refractivity (Wildman–Crippen MR) is 98.2 cm³/mol. The fourth-order valence-electron chi connectivity index (χ4n) is 3.02. The van der Waals surface area contributed by atoms with Gasteiger partial charge in [-0.3, -0.25) is 4.79 Å². The number of nitrogens with one attached hydrogen (secondary N) is 1. The highest BCUT2D eigenvalue weighted by molar-refractivity contribution is 5.77. The van der Waals surface area contributed by atoms with Gasteiger partial charge in [0.25, 0.3) is 0 Å². The average molecular weight is 312 g/mol. The van der Waals surface area contributed by atoms with E-state index in [1.54, 1.807) is 7.05 Å². The molecule has 0 spiro atoms. The Bertz CT molecular complexity index is 240. The van der Waals surface area contributed by atoms with Crippen molar-refractivity contribution in [2.45, 2.75) is 110 Å². The SMILES string of the molecule is CCCCCCCCCCCCCCCCC(C)C(=O)NC. The molecule has 0 rings (SSSR count). The summed E-state index contributed by atoms with van der Waals surface area (Å²) < 4.78 is 0. The molecule has 2 heteroatoms. The summed E-state index contributed by atoms with van der Waals surface area (Å²) in [6.45, 7) is 4.31. The van der Waals surface area contributed by atoms with E-state index in [-0.39, 0.29) is 11.8 Å². The quantitative estimate of drug-likeness (QED) is 0.336. The van der Waals surface area contributed by atoms with Gasteiger partial charge in [-0.2, -0.15) is 0 Å². The number of hydrogen-bond donors (Lipinski definition) is 1. The van der Waals surface area contributed by atoms with Crippen molar-refractivity contribution in [3.05, 3.63) is 0 Å². The van der Waals surface area contributed by atoms with E-state index in [2.05, 4.69) is 12.2 Å². The van der Waals surface area contributed by atoms with Crippen LogP contribution in [0, 0.1) is 5.92 Å². The molecule has 132 valence electrons. The van der Waals surface area contributed by atoms with E-state index in [1.165, 1.54) is 89.9 Å². The Labute approximate surface area is 139 Å². The monoisotopic (exact) mass is 311 g/mol. The minimum Gasteiger partial charge on any atom is -0.359 e. The summed E-state index contributed by atoms with van der Waals surface area (Å²) in [4.78, 5) is 11.4. The molecule has 2 nitrogen and oxygen atoms in total. The number of amides is 1. The molecule has 0 radical (unpaired) electrons. The minimum atomic E-state index is 0.183. The Morgan fingerprint density at radius 2 is 1.09 bits per heavy atom. The van der Waals surface area contributed by atoms with Gasteiger partial charge in [0.15, 0.2) is 0 Å². The van der Waals surface area contributed by atoms with E-state index in [0.717, 1.165) is 6.42 Å². The van der Waals surface area contributed by atoms with Crippen molar-refractivity contribution in [2.24, 2.45) is 5.92 Å². The highest BCUT2D eigenvalue weighted by Gasteiger charge is 2.09. The Hall–Kier alpha value is -0.530. The highest BCUT2D eigenvalue weighted by atomic mass is 16.1. The summed E-state index contributed by atoms with van der Waals surface area (Å²) in [5.74, 6) is 0.372. The zero-order valence-corrected chi connectivity index (χ0v) is 15.6. The summed E-state index contributed by atoms with van der Waals surface area (Å²) in [7, 11) is 1.73. The van der Waals surface area contributed by atoms with Gasteiger partial charge in [0.1, 0.15) is 0 Å². The number of rotatable bonds is 16. The third-order valence-electron chi connectivity index (χ3n) is 4.68. The molecule has 0 aliphatic heterocycles. The summed E-state index contributed by atoms with van der Waals surface area (Å²) in [5, 5.41) is 2.73. The molecule has 22 heavy (non-hydrogen) atoms. The Morgan fingerprint density at radius 1 is 0.727 bits per heavy atom. The summed E-state index contributed by atoms with van der Waals surface area (Å²) in [6, 6.07) is 0. The molecule has 0 aliphatic rings. The predicted octanol–water partition coefficient (Wildman–Crippen LogP) is 6.24. The first-order valence-corrected chi connectivity index (χ1v) is 9.94. The van der Waals surface area contributed by atoms with Crippen molar-refractivity contribution in [1.82, 2.24) is 5.32 Å².